The molecule has 0 saturated carbocycles. The lowest BCUT2D eigenvalue weighted by molar-refractivity contribution is 0.378. The molecular formula is C12H13F2N3O. The van der Waals surface area contributed by atoms with Gasteiger partial charge in [0.2, 0.25) is 0 Å². The van der Waals surface area contributed by atoms with Gasteiger partial charge in [0.15, 0.2) is 5.82 Å². The average Bonchev–Trinajstić information content (AvgIpc) is 2.77. The van der Waals surface area contributed by atoms with Crippen molar-refractivity contribution in [1.82, 2.24) is 10.1 Å². The predicted octanol–water partition coefficient (Wildman–Crippen LogP) is 2.60. The maximum Gasteiger partial charge on any atom is 0.258 e. The average molecular weight is 253 g/mol. The molecule has 2 aromatic rings. The van der Waals surface area contributed by atoms with Gasteiger partial charge in [0.05, 0.1) is 5.54 Å². The topological polar surface area (TPSA) is 64.9 Å². The summed E-state index contributed by atoms with van der Waals surface area (Å²) in [5, 5.41) is 3.74. The van der Waals surface area contributed by atoms with Crippen molar-refractivity contribution in [3.63, 3.8) is 0 Å². The molecule has 96 valence electrons. The summed E-state index contributed by atoms with van der Waals surface area (Å²) in [5.74, 6) is -1.04. The smallest absolute Gasteiger partial charge is 0.258 e. The summed E-state index contributed by atoms with van der Waals surface area (Å²) in [7, 11) is 0. The first-order chi connectivity index (χ1) is 8.42. The lowest BCUT2D eigenvalue weighted by atomic mass is 10.00. The van der Waals surface area contributed by atoms with Crippen molar-refractivity contribution < 1.29 is 13.3 Å². The second-order valence-electron chi connectivity index (χ2n) is 4.35. The first kappa shape index (κ1) is 12.6. The van der Waals surface area contributed by atoms with E-state index in [1.165, 1.54) is 0 Å². The van der Waals surface area contributed by atoms with Gasteiger partial charge in [-0.05, 0) is 25.5 Å². The number of hydrogen-bond donors (Lipinski definition) is 1. The molecule has 6 heteroatoms. The van der Waals surface area contributed by atoms with Gasteiger partial charge in [-0.15, -0.1) is 0 Å². The molecule has 1 aromatic heterocycles. The number of hydrogen-bond acceptors (Lipinski definition) is 4. The molecule has 0 amide bonds. The maximum absolute atomic E-state index is 13.1. The zero-order chi connectivity index (χ0) is 13.3. The van der Waals surface area contributed by atoms with E-state index in [-0.39, 0.29) is 11.5 Å². The van der Waals surface area contributed by atoms with Gasteiger partial charge in [-0.25, -0.2) is 8.78 Å². The van der Waals surface area contributed by atoms with Crippen LogP contribution in [0.4, 0.5) is 8.78 Å². The summed E-state index contributed by atoms with van der Waals surface area (Å²) in [6.07, 6.45) is 0.615. The van der Waals surface area contributed by atoms with Crippen LogP contribution in [0.15, 0.2) is 22.7 Å². The van der Waals surface area contributed by atoms with Gasteiger partial charge in [-0.3, -0.25) is 0 Å². The standard InChI is InChI=1S/C12H13F2N3O/c1-3-12(2,15)11-16-10(18-17-11)7-4-8(13)6-9(14)5-7/h4-6H,3,15H2,1-2H3. The molecule has 0 aliphatic heterocycles. The fraction of sp³-hybridized carbons (Fsp3) is 0.333. The SMILES string of the molecule is CCC(C)(N)c1noc(-c2cc(F)cc(F)c2)n1. The zero-order valence-electron chi connectivity index (χ0n) is 10.1. The number of halogens is 2. The Morgan fingerprint density at radius 1 is 1.28 bits per heavy atom. The van der Waals surface area contributed by atoms with Crippen molar-refractivity contribution >= 4 is 0 Å². The molecular weight excluding hydrogens is 240 g/mol. The van der Waals surface area contributed by atoms with Gasteiger partial charge in [-0.2, -0.15) is 4.98 Å². The van der Waals surface area contributed by atoms with Gasteiger partial charge in [0.1, 0.15) is 11.6 Å². The molecule has 1 aromatic carbocycles. The van der Waals surface area contributed by atoms with Gasteiger partial charge in [0.25, 0.3) is 5.89 Å². The van der Waals surface area contributed by atoms with Crippen molar-refractivity contribution in [3.8, 4) is 11.5 Å². The third kappa shape index (κ3) is 2.38. The fourth-order valence-corrected chi connectivity index (χ4v) is 1.41. The maximum atomic E-state index is 13.1. The lowest BCUT2D eigenvalue weighted by Crippen LogP contribution is -2.33. The molecule has 1 unspecified atom stereocenters. The minimum Gasteiger partial charge on any atom is -0.334 e. The van der Waals surface area contributed by atoms with Crippen LogP contribution in [0.25, 0.3) is 11.5 Å². The molecule has 0 bridgehead atoms. The van der Waals surface area contributed by atoms with E-state index >= 15 is 0 Å². The molecule has 0 saturated heterocycles. The Bertz CT molecular complexity index is 546. The number of rotatable bonds is 3. The number of nitrogens with zero attached hydrogens (tertiary/aromatic N) is 2. The van der Waals surface area contributed by atoms with E-state index < -0.39 is 17.2 Å². The largest absolute Gasteiger partial charge is 0.334 e. The summed E-state index contributed by atoms with van der Waals surface area (Å²) >= 11 is 0. The van der Waals surface area contributed by atoms with Crippen LogP contribution in [-0.4, -0.2) is 10.1 Å². The molecule has 2 N–H and O–H groups in total. The lowest BCUT2D eigenvalue weighted by Gasteiger charge is -2.16. The Morgan fingerprint density at radius 3 is 2.44 bits per heavy atom. The zero-order valence-corrected chi connectivity index (χ0v) is 10.1. The Hall–Kier alpha value is -1.82. The highest BCUT2D eigenvalue weighted by molar-refractivity contribution is 5.52. The highest BCUT2D eigenvalue weighted by Crippen LogP contribution is 2.24. The predicted molar refractivity (Wildman–Crippen MR) is 61.5 cm³/mol. The van der Waals surface area contributed by atoms with E-state index in [0.29, 0.717) is 12.2 Å². The molecule has 0 aliphatic carbocycles. The van der Waals surface area contributed by atoms with E-state index in [1.807, 2.05) is 6.92 Å². The minimum absolute atomic E-state index is 0.0496. The van der Waals surface area contributed by atoms with Crippen molar-refractivity contribution in [2.75, 3.05) is 0 Å². The summed E-state index contributed by atoms with van der Waals surface area (Å²) in [5.41, 5.74) is 5.42. The van der Waals surface area contributed by atoms with E-state index in [2.05, 4.69) is 10.1 Å². The van der Waals surface area contributed by atoms with Crippen LogP contribution >= 0.6 is 0 Å². The van der Waals surface area contributed by atoms with Gasteiger partial charge in [-0.1, -0.05) is 12.1 Å². The van der Waals surface area contributed by atoms with E-state index in [1.54, 1.807) is 6.92 Å². The van der Waals surface area contributed by atoms with Crippen molar-refractivity contribution in [1.29, 1.82) is 0 Å². The Morgan fingerprint density at radius 2 is 1.89 bits per heavy atom. The molecule has 1 atom stereocenters. The molecule has 0 aliphatic rings. The van der Waals surface area contributed by atoms with E-state index in [4.69, 9.17) is 10.3 Å². The molecule has 18 heavy (non-hydrogen) atoms. The Labute approximate surface area is 103 Å². The van der Waals surface area contributed by atoms with Crippen LogP contribution in [0.1, 0.15) is 26.1 Å². The first-order valence-corrected chi connectivity index (χ1v) is 5.52. The molecule has 0 spiro atoms. The number of nitrogens with two attached hydrogens (primary N) is 1. The van der Waals surface area contributed by atoms with Crippen LogP contribution in [0.3, 0.4) is 0 Å². The first-order valence-electron chi connectivity index (χ1n) is 5.52. The number of aromatic nitrogens is 2. The van der Waals surface area contributed by atoms with Crippen LogP contribution in [0.5, 0.6) is 0 Å². The monoisotopic (exact) mass is 253 g/mol. The highest BCUT2D eigenvalue weighted by Gasteiger charge is 2.25. The number of benzene rings is 1. The molecule has 1 heterocycles. The molecule has 2 rings (SSSR count). The summed E-state index contributed by atoms with van der Waals surface area (Å²) in [6.45, 7) is 3.64. The van der Waals surface area contributed by atoms with Crippen LogP contribution < -0.4 is 5.73 Å². The molecule has 0 fully saturated rings. The van der Waals surface area contributed by atoms with Crippen LogP contribution in [0, 0.1) is 11.6 Å². The molecule has 4 nitrogen and oxygen atoms in total. The van der Waals surface area contributed by atoms with Crippen molar-refractivity contribution in [2.24, 2.45) is 5.73 Å². The summed E-state index contributed by atoms with van der Waals surface area (Å²) in [6, 6.07) is 3.03. The Kier molecular flexibility index (Phi) is 3.13. The van der Waals surface area contributed by atoms with Crippen LogP contribution in [-0.2, 0) is 5.54 Å². The second kappa shape index (κ2) is 4.45. The van der Waals surface area contributed by atoms with Crippen molar-refractivity contribution in [2.45, 2.75) is 25.8 Å². The van der Waals surface area contributed by atoms with E-state index in [0.717, 1.165) is 18.2 Å². The minimum atomic E-state index is -0.729. The highest BCUT2D eigenvalue weighted by atomic mass is 19.1. The fourth-order valence-electron chi connectivity index (χ4n) is 1.41. The summed E-state index contributed by atoms with van der Waals surface area (Å²) < 4.78 is 31.1. The molecule has 0 radical (unpaired) electrons. The second-order valence-corrected chi connectivity index (χ2v) is 4.35. The quantitative estimate of drug-likeness (QED) is 0.913. The van der Waals surface area contributed by atoms with Crippen LogP contribution in [0.2, 0.25) is 0 Å². The van der Waals surface area contributed by atoms with Gasteiger partial charge in [0, 0.05) is 11.6 Å². The van der Waals surface area contributed by atoms with Gasteiger partial charge < -0.3 is 10.3 Å². The normalized spacial score (nSPS) is 14.5. The Balaban J connectivity index is 2.41. The third-order valence-electron chi connectivity index (χ3n) is 2.78. The van der Waals surface area contributed by atoms with Gasteiger partial charge >= 0.3 is 0 Å². The van der Waals surface area contributed by atoms with E-state index in [9.17, 15) is 8.78 Å². The summed E-state index contributed by atoms with van der Waals surface area (Å²) in [4.78, 5) is 4.07. The third-order valence-corrected chi connectivity index (χ3v) is 2.78. The van der Waals surface area contributed by atoms with Crippen molar-refractivity contribution in [3.05, 3.63) is 35.7 Å².